The van der Waals surface area contributed by atoms with Crippen molar-refractivity contribution in [3.63, 3.8) is 0 Å². The van der Waals surface area contributed by atoms with Gasteiger partial charge in [-0.15, -0.1) is 0 Å². The van der Waals surface area contributed by atoms with Gasteiger partial charge in [0.05, 0.1) is 0 Å². The lowest BCUT2D eigenvalue weighted by Gasteiger charge is -2.14. The molecule has 0 spiro atoms. The van der Waals surface area contributed by atoms with E-state index in [2.05, 4.69) is 56.6 Å². The van der Waals surface area contributed by atoms with Crippen molar-refractivity contribution in [3.05, 3.63) is 78.4 Å². The number of hydrogen-bond acceptors (Lipinski definition) is 0. The van der Waals surface area contributed by atoms with Crippen molar-refractivity contribution in [3.8, 4) is 0 Å². The van der Waals surface area contributed by atoms with E-state index in [9.17, 15) is 0 Å². The summed E-state index contributed by atoms with van der Waals surface area (Å²) in [5, 5.41) is 0. The molecule has 0 saturated carbocycles. The van der Waals surface area contributed by atoms with E-state index in [0.29, 0.717) is 0 Å². The van der Waals surface area contributed by atoms with E-state index in [1.807, 2.05) is 36.4 Å². The summed E-state index contributed by atoms with van der Waals surface area (Å²) < 4.78 is 0. The van der Waals surface area contributed by atoms with Gasteiger partial charge in [0.15, 0.2) is 0 Å². The maximum absolute atomic E-state index is 3.63. The van der Waals surface area contributed by atoms with Crippen LogP contribution in [0.2, 0.25) is 25.7 Å². The highest BCUT2D eigenvalue weighted by atomic mass is 28.3. The van der Waals surface area contributed by atoms with Crippen LogP contribution >= 0.6 is 0 Å². The van der Waals surface area contributed by atoms with Crippen LogP contribution in [0.5, 0.6) is 0 Å². The molecule has 0 heterocycles. The standard InChI is InChI=1S/C11H18Si.C8H8/c1-12(2,3)10-9-11-7-5-4-6-8-11;1-2-8-6-4-3-5-7-8/h4-8H,9-10H2,1-3H3;2-7H,1H2. The first kappa shape index (κ1) is 16.5. The molecule has 0 aliphatic carbocycles. The van der Waals surface area contributed by atoms with Gasteiger partial charge in [0, 0.05) is 8.07 Å². The third kappa shape index (κ3) is 7.75. The Morgan fingerprint density at radius 2 is 1.35 bits per heavy atom. The van der Waals surface area contributed by atoms with Gasteiger partial charge >= 0.3 is 0 Å². The van der Waals surface area contributed by atoms with Crippen molar-refractivity contribution in [2.75, 3.05) is 0 Å². The molecule has 0 aliphatic rings. The SMILES string of the molecule is C=Cc1ccccc1.C[Si](C)(C)CCc1ccccc1. The molecular weight excluding hydrogens is 256 g/mol. The first-order valence-corrected chi connectivity index (χ1v) is 10.9. The molecular formula is C19H26Si. The van der Waals surface area contributed by atoms with Crippen LogP contribution in [0.1, 0.15) is 11.1 Å². The third-order valence-electron chi connectivity index (χ3n) is 3.04. The van der Waals surface area contributed by atoms with E-state index >= 15 is 0 Å². The molecule has 0 unspecified atom stereocenters. The van der Waals surface area contributed by atoms with Crippen LogP contribution in [0.25, 0.3) is 6.08 Å². The van der Waals surface area contributed by atoms with Gasteiger partial charge < -0.3 is 0 Å². The fraction of sp³-hybridized carbons (Fsp3) is 0.263. The zero-order valence-electron chi connectivity index (χ0n) is 13.0. The Labute approximate surface area is 125 Å². The van der Waals surface area contributed by atoms with E-state index in [0.717, 1.165) is 0 Å². The van der Waals surface area contributed by atoms with Crippen molar-refractivity contribution < 1.29 is 0 Å². The van der Waals surface area contributed by atoms with Gasteiger partial charge in [0.25, 0.3) is 0 Å². The summed E-state index contributed by atoms with van der Waals surface area (Å²) in [7, 11) is -0.840. The summed E-state index contributed by atoms with van der Waals surface area (Å²) in [4.78, 5) is 0. The van der Waals surface area contributed by atoms with Crippen LogP contribution < -0.4 is 0 Å². The third-order valence-corrected chi connectivity index (χ3v) is 4.79. The highest BCUT2D eigenvalue weighted by Gasteiger charge is 2.11. The molecule has 0 nitrogen and oxygen atoms in total. The van der Waals surface area contributed by atoms with Crippen molar-refractivity contribution in [2.45, 2.75) is 32.1 Å². The molecule has 0 radical (unpaired) electrons. The van der Waals surface area contributed by atoms with E-state index < -0.39 is 8.07 Å². The number of benzene rings is 2. The van der Waals surface area contributed by atoms with Gasteiger partial charge in [-0.2, -0.15) is 0 Å². The average molecular weight is 283 g/mol. The van der Waals surface area contributed by atoms with Crippen molar-refractivity contribution >= 4 is 14.1 Å². The molecule has 0 bridgehead atoms. The van der Waals surface area contributed by atoms with Crippen LogP contribution in [0.15, 0.2) is 67.2 Å². The molecule has 0 atom stereocenters. The quantitative estimate of drug-likeness (QED) is 0.613. The number of hydrogen-bond donors (Lipinski definition) is 0. The van der Waals surface area contributed by atoms with Crippen LogP contribution in [0.4, 0.5) is 0 Å². The van der Waals surface area contributed by atoms with Gasteiger partial charge in [0.1, 0.15) is 0 Å². The van der Waals surface area contributed by atoms with Gasteiger partial charge in [-0.1, -0.05) is 99.0 Å². The van der Waals surface area contributed by atoms with E-state index in [4.69, 9.17) is 0 Å². The Kier molecular flexibility index (Phi) is 7.03. The Bertz CT molecular complexity index is 480. The summed E-state index contributed by atoms with van der Waals surface area (Å²) in [6.45, 7) is 10.9. The second-order valence-electron chi connectivity index (χ2n) is 6.16. The molecule has 2 rings (SSSR count). The molecule has 106 valence electrons. The Morgan fingerprint density at radius 1 is 0.850 bits per heavy atom. The summed E-state index contributed by atoms with van der Waals surface area (Å²) in [5.41, 5.74) is 2.66. The average Bonchev–Trinajstić information content (AvgIpc) is 2.47. The molecule has 0 saturated heterocycles. The minimum atomic E-state index is -0.840. The Balaban J connectivity index is 0.000000217. The molecule has 20 heavy (non-hydrogen) atoms. The smallest absolute Gasteiger partial charge is 0.0445 e. The van der Waals surface area contributed by atoms with E-state index in [1.54, 1.807) is 0 Å². The summed E-state index contributed by atoms with van der Waals surface area (Å²) in [5.74, 6) is 0. The van der Waals surface area contributed by atoms with Gasteiger partial charge in [0.2, 0.25) is 0 Å². The highest BCUT2D eigenvalue weighted by Crippen LogP contribution is 2.13. The number of aryl methyl sites for hydroxylation is 1. The monoisotopic (exact) mass is 282 g/mol. The molecule has 2 aromatic carbocycles. The first-order chi connectivity index (χ1) is 9.51. The lowest BCUT2D eigenvalue weighted by atomic mass is 10.2. The maximum Gasteiger partial charge on any atom is 0.0445 e. The van der Waals surface area contributed by atoms with Crippen molar-refractivity contribution in [2.24, 2.45) is 0 Å². The molecule has 1 heteroatoms. The van der Waals surface area contributed by atoms with Crippen molar-refractivity contribution in [1.82, 2.24) is 0 Å². The van der Waals surface area contributed by atoms with Crippen LogP contribution in [0, 0.1) is 0 Å². The lowest BCUT2D eigenvalue weighted by molar-refractivity contribution is 1.09. The second kappa shape index (κ2) is 8.54. The number of rotatable bonds is 4. The summed E-state index contributed by atoms with van der Waals surface area (Å²) in [6, 6.07) is 22.2. The van der Waals surface area contributed by atoms with Gasteiger partial charge in [-0.25, -0.2) is 0 Å². The molecule has 0 N–H and O–H groups in total. The molecule has 0 aliphatic heterocycles. The highest BCUT2D eigenvalue weighted by molar-refractivity contribution is 6.76. The summed E-state index contributed by atoms with van der Waals surface area (Å²) in [6.07, 6.45) is 3.09. The van der Waals surface area contributed by atoms with Crippen LogP contribution in [-0.4, -0.2) is 8.07 Å². The topological polar surface area (TPSA) is 0 Å². The zero-order chi connectivity index (χ0) is 14.8. The maximum atomic E-state index is 3.63. The zero-order valence-corrected chi connectivity index (χ0v) is 14.0. The minimum Gasteiger partial charge on any atom is -0.0985 e. The fourth-order valence-corrected chi connectivity index (χ4v) is 2.79. The minimum absolute atomic E-state index is 0.840. The van der Waals surface area contributed by atoms with E-state index in [-0.39, 0.29) is 0 Å². The molecule has 0 amide bonds. The predicted molar refractivity (Wildman–Crippen MR) is 94.8 cm³/mol. The summed E-state index contributed by atoms with van der Waals surface area (Å²) >= 11 is 0. The van der Waals surface area contributed by atoms with E-state index in [1.165, 1.54) is 23.6 Å². The van der Waals surface area contributed by atoms with Crippen molar-refractivity contribution in [1.29, 1.82) is 0 Å². The normalized spacial score (nSPS) is 10.3. The van der Waals surface area contributed by atoms with Gasteiger partial charge in [-0.05, 0) is 17.5 Å². The van der Waals surface area contributed by atoms with Crippen LogP contribution in [0.3, 0.4) is 0 Å². The molecule has 0 aromatic heterocycles. The molecule has 0 fully saturated rings. The predicted octanol–water partition coefficient (Wildman–Crippen LogP) is 5.90. The molecule has 2 aromatic rings. The largest absolute Gasteiger partial charge is 0.0985 e. The fourth-order valence-electron chi connectivity index (χ4n) is 1.75. The van der Waals surface area contributed by atoms with Crippen LogP contribution in [-0.2, 0) is 6.42 Å². The lowest BCUT2D eigenvalue weighted by Crippen LogP contribution is -2.19. The van der Waals surface area contributed by atoms with Gasteiger partial charge in [-0.3, -0.25) is 0 Å². The Morgan fingerprint density at radius 3 is 1.75 bits per heavy atom. The Hall–Kier alpha value is -1.60. The first-order valence-electron chi connectivity index (χ1n) is 7.23. The second-order valence-corrected chi connectivity index (χ2v) is 11.8.